The van der Waals surface area contributed by atoms with E-state index in [2.05, 4.69) is 47.9 Å². The molecule has 3 aliphatic rings. The number of benzene rings is 1. The molecule has 0 spiro atoms. The molecule has 11 heteroatoms. The summed E-state index contributed by atoms with van der Waals surface area (Å²) in [5.74, 6) is 0.109. The number of amides is 5. The van der Waals surface area contributed by atoms with Gasteiger partial charge in [0.05, 0.1) is 11.6 Å². The molecule has 5 atom stereocenters. The lowest BCUT2D eigenvalue weighted by Crippen LogP contribution is -2.63. The number of hydrogen-bond donors (Lipinski definition) is 4. The second-order valence-electron chi connectivity index (χ2n) is 14.8. The highest BCUT2D eigenvalue weighted by molar-refractivity contribution is 7.99. The molecule has 0 radical (unpaired) electrons. The van der Waals surface area contributed by atoms with E-state index in [0.29, 0.717) is 6.54 Å². The Morgan fingerprint density at radius 1 is 1.07 bits per heavy atom. The molecule has 250 valence electrons. The van der Waals surface area contributed by atoms with Gasteiger partial charge in [-0.25, -0.2) is 4.79 Å². The Kier molecular flexibility index (Phi) is 10.8. The van der Waals surface area contributed by atoms with Gasteiger partial charge in [-0.05, 0) is 54.1 Å². The molecule has 3 fully saturated rings. The van der Waals surface area contributed by atoms with Gasteiger partial charge in [0.2, 0.25) is 17.6 Å². The van der Waals surface area contributed by atoms with E-state index in [4.69, 9.17) is 12.2 Å². The van der Waals surface area contributed by atoms with Crippen molar-refractivity contribution >= 4 is 41.3 Å². The summed E-state index contributed by atoms with van der Waals surface area (Å²) in [4.78, 5) is 68.7. The van der Waals surface area contributed by atoms with Crippen LogP contribution in [-0.4, -0.2) is 70.4 Å². The van der Waals surface area contributed by atoms with E-state index < -0.39 is 52.7 Å². The number of nitrogens with one attached hydrogen (secondary N) is 3. The molecule has 2 aliphatic carbocycles. The Hall–Kier alpha value is -3.52. The minimum Gasteiger partial charge on any atom is -0.363 e. The topological polar surface area (TPSA) is 151 Å². The molecule has 1 aromatic rings. The highest BCUT2D eigenvalue weighted by Crippen LogP contribution is 2.65. The van der Waals surface area contributed by atoms with E-state index in [1.54, 1.807) is 16.7 Å². The van der Waals surface area contributed by atoms with Crippen LogP contribution in [0.2, 0.25) is 0 Å². The molecule has 2 unspecified atom stereocenters. The summed E-state index contributed by atoms with van der Waals surface area (Å²) in [6.45, 7) is 10.1. The Morgan fingerprint density at radius 2 is 1.72 bits per heavy atom. The van der Waals surface area contributed by atoms with Crippen molar-refractivity contribution in [3.05, 3.63) is 30.3 Å². The van der Waals surface area contributed by atoms with Crippen molar-refractivity contribution in [3.63, 3.8) is 0 Å². The van der Waals surface area contributed by atoms with Crippen LogP contribution in [0.5, 0.6) is 0 Å². The van der Waals surface area contributed by atoms with Gasteiger partial charge in [-0.15, -0.1) is 24.1 Å². The summed E-state index contributed by atoms with van der Waals surface area (Å²) in [7, 11) is 0. The first-order chi connectivity index (χ1) is 21.6. The van der Waals surface area contributed by atoms with Crippen LogP contribution in [0.1, 0.15) is 79.6 Å². The van der Waals surface area contributed by atoms with Crippen LogP contribution in [0.3, 0.4) is 0 Å². The van der Waals surface area contributed by atoms with E-state index >= 15 is 0 Å². The van der Waals surface area contributed by atoms with Crippen LogP contribution in [-0.2, 0) is 19.2 Å². The molecule has 1 saturated heterocycles. The van der Waals surface area contributed by atoms with Crippen molar-refractivity contribution < 1.29 is 24.0 Å². The first-order valence-electron chi connectivity index (χ1n) is 16.3. The number of carbonyl (C=O) groups is 5. The Labute approximate surface area is 277 Å². The average molecular weight is 652 g/mol. The van der Waals surface area contributed by atoms with Crippen molar-refractivity contribution in [2.45, 2.75) is 108 Å². The van der Waals surface area contributed by atoms with Crippen molar-refractivity contribution in [1.29, 1.82) is 0 Å². The number of ketones is 1. The van der Waals surface area contributed by atoms with Gasteiger partial charge in [-0.1, -0.05) is 72.1 Å². The van der Waals surface area contributed by atoms with Crippen molar-refractivity contribution in [2.75, 3.05) is 12.3 Å². The highest BCUT2D eigenvalue weighted by atomic mass is 32.2. The lowest BCUT2D eigenvalue weighted by atomic mass is 9.83. The molecule has 1 heterocycles. The van der Waals surface area contributed by atoms with Crippen LogP contribution in [0.15, 0.2) is 35.2 Å². The molecule has 5 N–H and O–H groups in total. The molecule has 1 aromatic carbocycles. The molecule has 46 heavy (non-hydrogen) atoms. The van der Waals surface area contributed by atoms with Crippen molar-refractivity contribution in [1.82, 2.24) is 20.9 Å². The largest absolute Gasteiger partial charge is 0.363 e. The van der Waals surface area contributed by atoms with Crippen LogP contribution in [0.25, 0.3) is 0 Å². The van der Waals surface area contributed by atoms with Gasteiger partial charge in [0.25, 0.3) is 5.91 Å². The van der Waals surface area contributed by atoms with Gasteiger partial charge in [0.15, 0.2) is 0 Å². The summed E-state index contributed by atoms with van der Waals surface area (Å²) in [5.41, 5.74) is 3.98. The maximum atomic E-state index is 14.3. The molecule has 2 saturated carbocycles. The van der Waals surface area contributed by atoms with Gasteiger partial charge in [0, 0.05) is 23.6 Å². The van der Waals surface area contributed by atoms with E-state index in [0.717, 1.165) is 42.8 Å². The highest BCUT2D eigenvalue weighted by Gasteiger charge is 2.70. The fourth-order valence-electron chi connectivity index (χ4n) is 7.23. The van der Waals surface area contributed by atoms with E-state index in [1.165, 1.54) is 0 Å². The standard InChI is InChI=1S/C35H49N5O5S/c1-7-8-17-24(27(41)29(36)42)37-30(43)26-25-23(34(25,5)6)20-40(26)31(44)28(33(2,3)4)38-32(45)39-35(18-13-10-14-19-35)21-46-22-15-11-9-12-16-22/h1,9,11-12,15-16,23-26,28H,8,10,13-14,17-21H2,2-6H3,(H2,36,42)(H,37,43)(H2,38,39,45)/t23?,24?,25-,26-,28+/m0/s1. The van der Waals surface area contributed by atoms with E-state index in [9.17, 15) is 24.0 Å². The van der Waals surface area contributed by atoms with Crippen molar-refractivity contribution in [2.24, 2.45) is 28.4 Å². The Balaban J connectivity index is 1.52. The maximum Gasteiger partial charge on any atom is 0.315 e. The minimum absolute atomic E-state index is 0.0544. The third-order valence-electron chi connectivity index (χ3n) is 10.0. The smallest absolute Gasteiger partial charge is 0.315 e. The number of fused-ring (bicyclic) bond motifs is 1. The number of rotatable bonds is 12. The summed E-state index contributed by atoms with van der Waals surface area (Å²) in [6, 6.07) is 6.72. The summed E-state index contributed by atoms with van der Waals surface area (Å²) < 4.78 is 0. The van der Waals surface area contributed by atoms with Crippen LogP contribution in [0, 0.1) is 35.0 Å². The number of likely N-dealkylation sites (tertiary alicyclic amines) is 1. The number of Topliss-reactive ketones (excluding diaryl/α,β-unsaturated/α-hetero) is 1. The predicted molar refractivity (Wildman–Crippen MR) is 178 cm³/mol. The second-order valence-corrected chi connectivity index (χ2v) is 15.8. The fraction of sp³-hybridized carbons (Fsp3) is 0.629. The predicted octanol–water partition coefficient (Wildman–Crippen LogP) is 3.63. The van der Waals surface area contributed by atoms with Gasteiger partial charge >= 0.3 is 6.03 Å². The SMILES string of the molecule is C#CCCC(NC(=O)[C@@H]1[C@@H]2C(CN1C(=O)[C@@H](NC(=O)NC1(CSc3ccccc3)CCCCC1)C(C)(C)C)C2(C)C)C(=O)C(N)=O. The van der Waals surface area contributed by atoms with Crippen LogP contribution >= 0.6 is 11.8 Å². The number of piperidine rings is 1. The van der Waals surface area contributed by atoms with Gasteiger partial charge < -0.3 is 26.6 Å². The lowest BCUT2D eigenvalue weighted by molar-refractivity contribution is -0.145. The summed E-state index contributed by atoms with van der Waals surface area (Å²) in [6.07, 6.45) is 10.4. The summed E-state index contributed by atoms with van der Waals surface area (Å²) in [5, 5.41) is 8.94. The number of thioether (sulfide) groups is 1. The number of nitrogens with zero attached hydrogens (tertiary/aromatic N) is 1. The molecule has 0 aromatic heterocycles. The molecule has 1 aliphatic heterocycles. The zero-order chi connectivity index (χ0) is 33.9. The van der Waals surface area contributed by atoms with Crippen molar-refractivity contribution in [3.8, 4) is 12.3 Å². The van der Waals surface area contributed by atoms with Gasteiger partial charge in [-0.2, -0.15) is 0 Å². The molecular formula is C35H49N5O5S. The zero-order valence-corrected chi connectivity index (χ0v) is 28.5. The van der Waals surface area contributed by atoms with Crippen LogP contribution in [0.4, 0.5) is 4.79 Å². The third kappa shape index (κ3) is 7.88. The van der Waals surface area contributed by atoms with Gasteiger partial charge in [0.1, 0.15) is 12.1 Å². The Morgan fingerprint density at radius 3 is 2.30 bits per heavy atom. The number of terminal acetylenes is 1. The maximum absolute atomic E-state index is 14.3. The first kappa shape index (κ1) is 35.3. The lowest BCUT2D eigenvalue weighted by Gasteiger charge is -2.40. The van der Waals surface area contributed by atoms with Gasteiger partial charge in [-0.3, -0.25) is 19.2 Å². The second kappa shape index (κ2) is 14.1. The number of carbonyl (C=O) groups excluding carboxylic acids is 5. The van der Waals surface area contributed by atoms with Crippen LogP contribution < -0.4 is 21.7 Å². The normalized spacial score (nSPS) is 24.0. The fourth-order valence-corrected chi connectivity index (χ4v) is 8.39. The van der Waals surface area contributed by atoms with E-state index in [1.807, 2.05) is 39.0 Å². The first-order valence-corrected chi connectivity index (χ1v) is 17.2. The quantitative estimate of drug-likeness (QED) is 0.154. The number of hydrogen-bond acceptors (Lipinski definition) is 6. The Bertz CT molecular complexity index is 1360. The third-order valence-corrected chi connectivity index (χ3v) is 11.4. The molecule has 5 amide bonds. The molecular weight excluding hydrogens is 602 g/mol. The monoisotopic (exact) mass is 651 g/mol. The summed E-state index contributed by atoms with van der Waals surface area (Å²) >= 11 is 1.71. The molecule has 4 rings (SSSR count). The minimum atomic E-state index is -1.18. The molecule has 0 bridgehead atoms. The average Bonchev–Trinajstić information content (AvgIpc) is 3.32. The number of urea groups is 1. The number of primary amides is 1. The number of nitrogens with two attached hydrogens (primary N) is 1. The molecule has 10 nitrogen and oxygen atoms in total. The zero-order valence-electron chi connectivity index (χ0n) is 27.7. The van der Waals surface area contributed by atoms with E-state index in [-0.39, 0.29) is 36.0 Å².